The zero-order valence-electron chi connectivity index (χ0n) is 16.4. The van der Waals surface area contributed by atoms with Crippen LogP contribution in [0.1, 0.15) is 47.3 Å². The van der Waals surface area contributed by atoms with E-state index in [2.05, 4.69) is 10.00 Å². The number of nitriles is 1. The third kappa shape index (κ3) is 4.05. The van der Waals surface area contributed by atoms with Crippen molar-refractivity contribution in [3.8, 4) is 11.8 Å². The Morgan fingerprint density at radius 3 is 2.37 bits per heavy atom. The number of hydrogen-bond donors (Lipinski definition) is 0. The topological polar surface area (TPSA) is 65.2 Å². The van der Waals surface area contributed by atoms with Gasteiger partial charge in [0.2, 0.25) is 0 Å². The third-order valence-electron chi connectivity index (χ3n) is 5.89. The lowest BCUT2D eigenvalue weighted by Crippen LogP contribution is -2.42. The molecule has 2 aliphatic rings. The fraction of sp³-hybridized carbons (Fsp3) is 0.476. The Bertz CT molecular complexity index is 957. The molecule has 158 valence electrons. The first-order chi connectivity index (χ1) is 14.4. The molecule has 6 nitrogen and oxygen atoms in total. The van der Waals surface area contributed by atoms with Gasteiger partial charge in [0.05, 0.1) is 5.69 Å². The summed E-state index contributed by atoms with van der Waals surface area (Å²) in [4.78, 5) is 17.2. The Kier molecular flexibility index (Phi) is 5.52. The third-order valence-corrected chi connectivity index (χ3v) is 5.89. The van der Waals surface area contributed by atoms with E-state index < -0.39 is 17.4 Å². The number of carbonyl (C=O) groups is 1. The normalized spacial score (nSPS) is 18.5. The van der Waals surface area contributed by atoms with Crippen molar-refractivity contribution < 1.29 is 18.0 Å². The van der Waals surface area contributed by atoms with Crippen LogP contribution >= 0.6 is 0 Å². The van der Waals surface area contributed by atoms with E-state index in [9.17, 15) is 18.0 Å². The molecule has 2 aromatic rings. The Labute approximate surface area is 172 Å². The number of amides is 1. The number of benzene rings is 1. The highest BCUT2D eigenvalue weighted by Crippen LogP contribution is 2.31. The molecule has 2 fully saturated rings. The summed E-state index contributed by atoms with van der Waals surface area (Å²) >= 11 is 0. The Morgan fingerprint density at radius 1 is 1.07 bits per heavy atom. The quantitative estimate of drug-likeness (QED) is 0.767. The molecule has 0 spiro atoms. The van der Waals surface area contributed by atoms with Gasteiger partial charge in [0.15, 0.2) is 5.69 Å². The van der Waals surface area contributed by atoms with Crippen LogP contribution in [-0.4, -0.2) is 57.7 Å². The van der Waals surface area contributed by atoms with Crippen molar-refractivity contribution in [2.75, 3.05) is 26.2 Å². The number of carbonyl (C=O) groups excluding carboxylic acids is 1. The van der Waals surface area contributed by atoms with E-state index in [-0.39, 0.29) is 5.91 Å². The molecule has 4 rings (SSSR count). The predicted octanol–water partition coefficient (Wildman–Crippen LogP) is 3.46. The summed E-state index contributed by atoms with van der Waals surface area (Å²) in [6, 6.07) is 8.45. The smallest absolute Gasteiger partial charge is 0.337 e. The second-order valence-corrected chi connectivity index (χ2v) is 7.76. The van der Waals surface area contributed by atoms with Crippen molar-refractivity contribution in [3.05, 3.63) is 47.3 Å². The molecule has 30 heavy (non-hydrogen) atoms. The van der Waals surface area contributed by atoms with Gasteiger partial charge in [-0.05, 0) is 43.5 Å². The van der Waals surface area contributed by atoms with Crippen molar-refractivity contribution in [1.82, 2.24) is 19.6 Å². The highest BCUT2D eigenvalue weighted by molar-refractivity contribution is 5.94. The van der Waals surface area contributed by atoms with Gasteiger partial charge >= 0.3 is 6.18 Å². The molecule has 0 atom stereocenters. The zero-order valence-corrected chi connectivity index (χ0v) is 16.4. The highest BCUT2D eigenvalue weighted by atomic mass is 19.4. The summed E-state index contributed by atoms with van der Waals surface area (Å²) in [6.45, 7) is 3.26. The minimum absolute atomic E-state index is 0.0776. The van der Waals surface area contributed by atoms with Gasteiger partial charge in [-0.15, -0.1) is 0 Å². The lowest BCUT2D eigenvalue weighted by molar-refractivity contribution is -0.141. The number of aromatic nitrogens is 2. The maximum Gasteiger partial charge on any atom is 0.436 e. The number of alkyl halides is 3. The standard InChI is InChI=1S/C21H22F3N5O/c22-21(23,24)19-16(13-25)14-29(26-19)18-7-5-15(6-8-18)20(30)28-10-2-9-27(11-12-28)17-3-1-4-17/h5-8,14,17H,1-4,9-12H2. The van der Waals surface area contributed by atoms with Crippen molar-refractivity contribution in [2.24, 2.45) is 0 Å². The molecule has 1 aromatic carbocycles. The molecule has 1 saturated carbocycles. The number of halogens is 3. The van der Waals surface area contributed by atoms with Crippen LogP contribution < -0.4 is 0 Å². The first-order valence-corrected chi connectivity index (χ1v) is 10.1. The van der Waals surface area contributed by atoms with Gasteiger partial charge in [-0.3, -0.25) is 9.69 Å². The van der Waals surface area contributed by atoms with Gasteiger partial charge in [-0.2, -0.15) is 23.5 Å². The first kappa shape index (κ1) is 20.4. The number of nitrogens with zero attached hydrogens (tertiary/aromatic N) is 5. The van der Waals surface area contributed by atoms with Crippen molar-refractivity contribution >= 4 is 5.91 Å². The molecule has 1 aliphatic heterocycles. The Hall–Kier alpha value is -2.86. The maximum absolute atomic E-state index is 13.0. The lowest BCUT2D eigenvalue weighted by atomic mass is 9.91. The predicted molar refractivity (Wildman–Crippen MR) is 103 cm³/mol. The Balaban J connectivity index is 1.46. The Morgan fingerprint density at radius 2 is 1.80 bits per heavy atom. The maximum atomic E-state index is 13.0. The van der Waals surface area contributed by atoms with Gasteiger partial charge in [0, 0.05) is 44.0 Å². The fourth-order valence-corrected chi connectivity index (χ4v) is 3.99. The van der Waals surface area contributed by atoms with Crippen LogP contribution in [0.4, 0.5) is 13.2 Å². The number of rotatable bonds is 3. The van der Waals surface area contributed by atoms with Gasteiger partial charge < -0.3 is 4.90 Å². The molecule has 9 heteroatoms. The second kappa shape index (κ2) is 8.11. The van der Waals surface area contributed by atoms with Gasteiger partial charge in [0.25, 0.3) is 5.91 Å². The molecular weight excluding hydrogens is 395 g/mol. The molecule has 2 heterocycles. The minimum Gasteiger partial charge on any atom is -0.337 e. The average Bonchev–Trinajstić information content (AvgIpc) is 3.00. The summed E-state index contributed by atoms with van der Waals surface area (Å²) in [7, 11) is 0. The van der Waals surface area contributed by atoms with E-state index >= 15 is 0 Å². The molecular formula is C21H22F3N5O. The van der Waals surface area contributed by atoms with E-state index in [1.165, 1.54) is 25.3 Å². The molecule has 0 N–H and O–H groups in total. The molecule has 1 amide bonds. The van der Waals surface area contributed by atoms with Crippen LogP contribution in [0.3, 0.4) is 0 Å². The summed E-state index contributed by atoms with van der Waals surface area (Å²) in [5.74, 6) is -0.0776. The molecule has 1 aliphatic carbocycles. The SMILES string of the molecule is N#Cc1cn(-c2ccc(C(=O)N3CCCN(C4CCC4)CC3)cc2)nc1C(F)(F)F. The average molecular weight is 417 g/mol. The van der Waals surface area contributed by atoms with Gasteiger partial charge in [-0.25, -0.2) is 4.68 Å². The zero-order chi connectivity index (χ0) is 21.3. The van der Waals surface area contributed by atoms with Crippen LogP contribution in [0.2, 0.25) is 0 Å². The van der Waals surface area contributed by atoms with E-state index in [1.807, 2.05) is 4.90 Å². The van der Waals surface area contributed by atoms with Crippen LogP contribution in [0.5, 0.6) is 0 Å². The number of hydrogen-bond acceptors (Lipinski definition) is 4. The summed E-state index contributed by atoms with van der Waals surface area (Å²) in [6.07, 6.45) is 1.05. The molecule has 0 unspecified atom stereocenters. The molecule has 0 radical (unpaired) electrons. The lowest BCUT2D eigenvalue weighted by Gasteiger charge is -2.36. The first-order valence-electron chi connectivity index (χ1n) is 10.1. The summed E-state index contributed by atoms with van der Waals surface area (Å²) < 4.78 is 40.0. The summed E-state index contributed by atoms with van der Waals surface area (Å²) in [5.41, 5.74) is -0.918. The largest absolute Gasteiger partial charge is 0.436 e. The highest BCUT2D eigenvalue weighted by Gasteiger charge is 2.37. The summed E-state index contributed by atoms with van der Waals surface area (Å²) in [5, 5.41) is 12.4. The van der Waals surface area contributed by atoms with Crippen LogP contribution in [0.25, 0.3) is 5.69 Å². The van der Waals surface area contributed by atoms with Crippen LogP contribution in [-0.2, 0) is 6.18 Å². The van der Waals surface area contributed by atoms with Crippen LogP contribution in [0.15, 0.2) is 30.5 Å². The molecule has 1 saturated heterocycles. The van der Waals surface area contributed by atoms with Gasteiger partial charge in [0.1, 0.15) is 11.6 Å². The molecule has 0 bridgehead atoms. The van der Waals surface area contributed by atoms with E-state index in [1.54, 1.807) is 24.3 Å². The van der Waals surface area contributed by atoms with Crippen molar-refractivity contribution in [2.45, 2.75) is 37.9 Å². The van der Waals surface area contributed by atoms with Gasteiger partial charge in [-0.1, -0.05) is 6.42 Å². The van der Waals surface area contributed by atoms with E-state index in [0.29, 0.717) is 30.4 Å². The fourth-order valence-electron chi connectivity index (χ4n) is 3.99. The van der Waals surface area contributed by atoms with E-state index in [4.69, 9.17) is 5.26 Å². The second-order valence-electron chi connectivity index (χ2n) is 7.76. The van der Waals surface area contributed by atoms with Crippen LogP contribution in [0, 0.1) is 11.3 Å². The van der Waals surface area contributed by atoms with Crippen molar-refractivity contribution in [3.63, 3.8) is 0 Å². The van der Waals surface area contributed by atoms with E-state index in [0.717, 1.165) is 30.4 Å². The minimum atomic E-state index is -4.70. The monoisotopic (exact) mass is 417 g/mol. The van der Waals surface area contributed by atoms with Crippen molar-refractivity contribution in [1.29, 1.82) is 5.26 Å². The molecule has 1 aromatic heterocycles.